The maximum atomic E-state index is 12.3. The lowest BCUT2D eigenvalue weighted by atomic mass is 10.2. The summed E-state index contributed by atoms with van der Waals surface area (Å²) >= 11 is 0. The first kappa shape index (κ1) is 13.5. The van der Waals surface area contributed by atoms with Crippen LogP contribution in [0.3, 0.4) is 0 Å². The van der Waals surface area contributed by atoms with Crippen LogP contribution < -0.4 is 5.32 Å². The Bertz CT molecular complexity index is 532. The van der Waals surface area contributed by atoms with E-state index in [1.165, 1.54) is 4.68 Å². The van der Waals surface area contributed by atoms with E-state index in [2.05, 4.69) is 15.5 Å². The number of nitrogens with one attached hydrogen (secondary N) is 1. The Labute approximate surface area is 110 Å². The molecule has 0 saturated heterocycles. The molecule has 5 nitrogen and oxygen atoms in total. The van der Waals surface area contributed by atoms with Crippen LogP contribution in [0.25, 0.3) is 0 Å². The van der Waals surface area contributed by atoms with Crippen LogP contribution in [-0.4, -0.2) is 26.0 Å². The van der Waals surface area contributed by atoms with E-state index in [1.807, 2.05) is 17.8 Å². The largest absolute Gasteiger partial charge is 0.378 e. The van der Waals surface area contributed by atoms with Gasteiger partial charge in [-0.3, -0.25) is 9.36 Å². The van der Waals surface area contributed by atoms with Crippen molar-refractivity contribution in [1.29, 1.82) is 0 Å². The quantitative estimate of drug-likeness (QED) is 0.875. The minimum Gasteiger partial charge on any atom is -0.378 e. The Kier molecular flexibility index (Phi) is 4.13. The van der Waals surface area contributed by atoms with Gasteiger partial charge in [-0.1, -0.05) is 0 Å². The molecule has 2 aromatic heterocycles. The summed E-state index contributed by atoms with van der Waals surface area (Å²) in [5.41, 5.74) is 2.57. The van der Waals surface area contributed by atoms with E-state index in [0.717, 1.165) is 23.5 Å². The molecule has 2 heterocycles. The molecular weight excluding hydrogens is 252 g/mol. The summed E-state index contributed by atoms with van der Waals surface area (Å²) in [5, 5.41) is 11.3. The number of rotatable bonds is 6. The predicted octanol–water partition coefficient (Wildman–Crippen LogP) is 2.29. The van der Waals surface area contributed by atoms with Crippen molar-refractivity contribution in [1.82, 2.24) is 19.6 Å². The van der Waals surface area contributed by atoms with Gasteiger partial charge in [0.2, 0.25) is 0 Å². The highest BCUT2D eigenvalue weighted by Gasteiger charge is 2.10. The lowest BCUT2D eigenvalue weighted by molar-refractivity contribution is 0.121. The van der Waals surface area contributed by atoms with Crippen molar-refractivity contribution in [2.24, 2.45) is 0 Å². The van der Waals surface area contributed by atoms with Gasteiger partial charge in [-0.15, -0.1) is 0 Å². The predicted molar refractivity (Wildman–Crippen MR) is 68.2 cm³/mol. The highest BCUT2D eigenvalue weighted by Crippen LogP contribution is 2.12. The Balaban J connectivity index is 1.97. The van der Waals surface area contributed by atoms with Gasteiger partial charge in [-0.05, 0) is 13.8 Å². The Hall–Kier alpha value is -1.92. The summed E-state index contributed by atoms with van der Waals surface area (Å²) in [5.74, 6) is 0. The lowest BCUT2D eigenvalue weighted by Gasteiger charge is -2.05. The Morgan fingerprint density at radius 1 is 1.32 bits per heavy atom. The third-order valence-electron chi connectivity index (χ3n) is 2.96. The van der Waals surface area contributed by atoms with Crippen LogP contribution in [0, 0.1) is 6.92 Å². The molecule has 0 aliphatic carbocycles. The fourth-order valence-corrected chi connectivity index (χ4v) is 1.80. The smallest absolute Gasteiger partial charge is 0.257 e. The number of hydrogen-bond donors (Lipinski definition) is 1. The third-order valence-corrected chi connectivity index (χ3v) is 2.96. The number of hydrogen-bond acceptors (Lipinski definition) is 3. The van der Waals surface area contributed by atoms with Gasteiger partial charge in [0, 0.05) is 30.5 Å². The van der Waals surface area contributed by atoms with Gasteiger partial charge in [0.25, 0.3) is 6.43 Å². The molecule has 2 aromatic rings. The molecule has 7 heteroatoms. The molecule has 0 bridgehead atoms. The minimum atomic E-state index is -2.39. The fourth-order valence-electron chi connectivity index (χ4n) is 1.80. The summed E-state index contributed by atoms with van der Waals surface area (Å²) in [7, 11) is 0. The molecule has 0 fully saturated rings. The van der Waals surface area contributed by atoms with Crippen LogP contribution in [0.4, 0.5) is 14.5 Å². The van der Waals surface area contributed by atoms with E-state index in [0.29, 0.717) is 6.54 Å². The number of aromatic nitrogens is 4. The summed E-state index contributed by atoms with van der Waals surface area (Å²) in [6.45, 7) is 4.80. The number of halogens is 2. The molecule has 104 valence electrons. The average Bonchev–Trinajstić information content (AvgIpc) is 2.95. The van der Waals surface area contributed by atoms with Crippen LogP contribution in [0.5, 0.6) is 0 Å². The molecule has 2 rings (SSSR count). The Morgan fingerprint density at radius 2 is 2.11 bits per heavy atom. The monoisotopic (exact) mass is 269 g/mol. The second-order valence-corrected chi connectivity index (χ2v) is 4.27. The molecule has 0 radical (unpaired) electrons. The van der Waals surface area contributed by atoms with Gasteiger partial charge in [0.05, 0.1) is 18.1 Å². The van der Waals surface area contributed by atoms with E-state index in [9.17, 15) is 8.78 Å². The van der Waals surface area contributed by atoms with E-state index in [-0.39, 0.29) is 6.54 Å². The van der Waals surface area contributed by atoms with Crippen LogP contribution >= 0.6 is 0 Å². The van der Waals surface area contributed by atoms with E-state index in [4.69, 9.17) is 0 Å². The number of alkyl halides is 2. The van der Waals surface area contributed by atoms with Gasteiger partial charge in [-0.2, -0.15) is 10.2 Å². The molecule has 0 unspecified atom stereocenters. The first-order chi connectivity index (χ1) is 9.10. The van der Waals surface area contributed by atoms with E-state index in [1.54, 1.807) is 19.3 Å². The second-order valence-electron chi connectivity index (χ2n) is 4.27. The van der Waals surface area contributed by atoms with Gasteiger partial charge in [-0.25, -0.2) is 8.78 Å². The van der Waals surface area contributed by atoms with Crippen LogP contribution in [0.2, 0.25) is 0 Å². The molecular formula is C12H17F2N5. The van der Waals surface area contributed by atoms with E-state index < -0.39 is 6.43 Å². The summed E-state index contributed by atoms with van der Waals surface area (Å²) in [4.78, 5) is 0. The van der Waals surface area contributed by atoms with Crippen molar-refractivity contribution in [3.05, 3.63) is 29.8 Å². The summed E-state index contributed by atoms with van der Waals surface area (Å²) < 4.78 is 27.8. The zero-order valence-electron chi connectivity index (χ0n) is 11.0. The zero-order valence-corrected chi connectivity index (χ0v) is 11.0. The van der Waals surface area contributed by atoms with Crippen molar-refractivity contribution < 1.29 is 8.78 Å². The van der Waals surface area contributed by atoms with Gasteiger partial charge >= 0.3 is 0 Å². The highest BCUT2D eigenvalue weighted by atomic mass is 19.3. The molecule has 0 amide bonds. The molecule has 0 aromatic carbocycles. The normalized spacial score (nSPS) is 11.2. The van der Waals surface area contributed by atoms with Crippen LogP contribution in [0.1, 0.15) is 18.2 Å². The van der Waals surface area contributed by atoms with Crippen molar-refractivity contribution >= 4 is 5.69 Å². The molecule has 0 aliphatic rings. The molecule has 0 saturated carbocycles. The fraction of sp³-hybridized carbons (Fsp3) is 0.500. The highest BCUT2D eigenvalue weighted by molar-refractivity contribution is 5.39. The third kappa shape index (κ3) is 3.30. The summed E-state index contributed by atoms with van der Waals surface area (Å²) in [6.07, 6.45) is 2.87. The molecule has 1 N–H and O–H groups in total. The average molecular weight is 269 g/mol. The maximum absolute atomic E-state index is 12.3. The SMILES string of the molecule is CCn1cc(NCc2cnn(CC(F)F)c2C)cn1. The van der Waals surface area contributed by atoms with Crippen molar-refractivity contribution in [3.8, 4) is 0 Å². The van der Waals surface area contributed by atoms with Gasteiger partial charge in [0.15, 0.2) is 0 Å². The van der Waals surface area contributed by atoms with Crippen molar-refractivity contribution in [2.45, 2.75) is 39.9 Å². The first-order valence-electron chi connectivity index (χ1n) is 6.16. The van der Waals surface area contributed by atoms with E-state index >= 15 is 0 Å². The molecule has 0 spiro atoms. The van der Waals surface area contributed by atoms with Crippen molar-refractivity contribution in [3.63, 3.8) is 0 Å². The molecule has 19 heavy (non-hydrogen) atoms. The summed E-state index contributed by atoms with van der Waals surface area (Å²) in [6, 6.07) is 0. The standard InChI is InChI=1S/C12H17F2N5/c1-3-18-7-11(6-16-18)15-4-10-5-17-19(9(10)2)8-12(13)14/h5-7,12,15H,3-4,8H2,1-2H3. The zero-order chi connectivity index (χ0) is 13.8. The topological polar surface area (TPSA) is 47.7 Å². The lowest BCUT2D eigenvalue weighted by Crippen LogP contribution is -2.10. The van der Waals surface area contributed by atoms with Crippen molar-refractivity contribution in [2.75, 3.05) is 5.32 Å². The molecule has 0 atom stereocenters. The second kappa shape index (κ2) is 5.81. The van der Waals surface area contributed by atoms with Crippen LogP contribution in [0.15, 0.2) is 18.6 Å². The van der Waals surface area contributed by atoms with Gasteiger partial charge in [0.1, 0.15) is 6.54 Å². The first-order valence-corrected chi connectivity index (χ1v) is 6.16. The number of aryl methyl sites for hydroxylation is 1. The number of anilines is 1. The minimum absolute atomic E-state index is 0.362. The maximum Gasteiger partial charge on any atom is 0.257 e. The molecule has 0 aliphatic heterocycles. The van der Waals surface area contributed by atoms with Gasteiger partial charge < -0.3 is 5.32 Å². The number of nitrogens with zero attached hydrogens (tertiary/aromatic N) is 4. The van der Waals surface area contributed by atoms with Crippen LogP contribution in [-0.2, 0) is 19.6 Å². The Morgan fingerprint density at radius 3 is 2.74 bits per heavy atom.